The smallest absolute Gasteiger partial charge is 0.0101 e. The molecule has 0 aliphatic heterocycles. The molecule has 0 N–H and O–H groups in total. The van der Waals surface area contributed by atoms with Crippen molar-refractivity contribution in [1.29, 1.82) is 0 Å². The van der Waals surface area contributed by atoms with Gasteiger partial charge in [-0.1, -0.05) is 44.6 Å². The summed E-state index contributed by atoms with van der Waals surface area (Å²) in [4.78, 5) is 0. The van der Waals surface area contributed by atoms with E-state index in [-0.39, 0.29) is 0 Å². The molecule has 0 saturated carbocycles. The Labute approximate surface area is 89.4 Å². The topological polar surface area (TPSA) is 0 Å². The first kappa shape index (κ1) is 13.2. The van der Waals surface area contributed by atoms with E-state index in [0.29, 0.717) is 0 Å². The van der Waals surface area contributed by atoms with Gasteiger partial charge in [-0.3, -0.25) is 0 Å². The lowest BCUT2D eigenvalue weighted by atomic mass is 9.98. The molecule has 0 bridgehead atoms. The zero-order valence-electron chi connectivity index (χ0n) is 10.2. The summed E-state index contributed by atoms with van der Waals surface area (Å²) in [6.07, 6.45) is 9.01. The van der Waals surface area contributed by atoms with Crippen molar-refractivity contribution in [2.75, 3.05) is 0 Å². The monoisotopic (exact) mass is 192 g/mol. The van der Waals surface area contributed by atoms with Crippen molar-refractivity contribution in [3.05, 3.63) is 35.5 Å². The van der Waals surface area contributed by atoms with E-state index < -0.39 is 0 Å². The SMILES string of the molecule is C=C(CC=CCCC)C(CC)=C(C)C. The van der Waals surface area contributed by atoms with Crippen LogP contribution in [0, 0.1) is 0 Å². The van der Waals surface area contributed by atoms with Crippen molar-refractivity contribution in [2.24, 2.45) is 0 Å². The van der Waals surface area contributed by atoms with Crippen LogP contribution >= 0.6 is 0 Å². The maximum Gasteiger partial charge on any atom is -0.0101 e. The van der Waals surface area contributed by atoms with Crippen LogP contribution in [0.2, 0.25) is 0 Å². The second-order valence-corrected chi connectivity index (χ2v) is 3.90. The Hall–Kier alpha value is -0.780. The maximum atomic E-state index is 4.14. The highest BCUT2D eigenvalue weighted by Gasteiger charge is 2.00. The minimum atomic E-state index is 1.01. The number of rotatable bonds is 6. The van der Waals surface area contributed by atoms with Gasteiger partial charge < -0.3 is 0 Å². The van der Waals surface area contributed by atoms with E-state index in [1.54, 1.807) is 0 Å². The predicted octanol–water partition coefficient (Wildman–Crippen LogP) is 5.04. The summed E-state index contributed by atoms with van der Waals surface area (Å²) in [5.74, 6) is 0. The number of hydrogen-bond acceptors (Lipinski definition) is 0. The predicted molar refractivity (Wildman–Crippen MR) is 66.5 cm³/mol. The van der Waals surface area contributed by atoms with E-state index in [1.807, 2.05) is 0 Å². The first-order valence-corrected chi connectivity index (χ1v) is 5.62. The highest BCUT2D eigenvalue weighted by molar-refractivity contribution is 5.32. The minimum absolute atomic E-state index is 1.01. The van der Waals surface area contributed by atoms with Crippen molar-refractivity contribution in [3.8, 4) is 0 Å². The number of unbranched alkanes of at least 4 members (excludes halogenated alkanes) is 1. The van der Waals surface area contributed by atoms with Gasteiger partial charge in [0.2, 0.25) is 0 Å². The quantitative estimate of drug-likeness (QED) is 0.409. The van der Waals surface area contributed by atoms with Gasteiger partial charge in [0.15, 0.2) is 0 Å². The van der Waals surface area contributed by atoms with Gasteiger partial charge in [-0.15, -0.1) is 0 Å². The van der Waals surface area contributed by atoms with Crippen LogP contribution in [0.4, 0.5) is 0 Å². The van der Waals surface area contributed by atoms with Gasteiger partial charge in [-0.05, 0) is 44.3 Å². The Morgan fingerprint density at radius 3 is 2.21 bits per heavy atom. The van der Waals surface area contributed by atoms with Crippen molar-refractivity contribution >= 4 is 0 Å². The van der Waals surface area contributed by atoms with Crippen molar-refractivity contribution in [3.63, 3.8) is 0 Å². The molecule has 0 aromatic carbocycles. The van der Waals surface area contributed by atoms with Gasteiger partial charge >= 0.3 is 0 Å². The Morgan fingerprint density at radius 1 is 1.14 bits per heavy atom. The summed E-state index contributed by atoms with van der Waals surface area (Å²) in [6, 6.07) is 0. The molecule has 0 heterocycles. The van der Waals surface area contributed by atoms with Gasteiger partial charge in [0, 0.05) is 0 Å². The van der Waals surface area contributed by atoms with E-state index in [2.05, 4.69) is 46.4 Å². The lowest BCUT2D eigenvalue weighted by Gasteiger charge is -2.08. The second kappa shape index (κ2) is 7.61. The number of hydrogen-bond donors (Lipinski definition) is 0. The molecular formula is C14H24. The van der Waals surface area contributed by atoms with Gasteiger partial charge in [0.25, 0.3) is 0 Å². The van der Waals surface area contributed by atoms with Crippen molar-refractivity contribution in [2.45, 2.75) is 53.4 Å². The van der Waals surface area contributed by atoms with Crippen LogP contribution in [0.3, 0.4) is 0 Å². The Kier molecular flexibility index (Phi) is 7.18. The average Bonchev–Trinajstić information content (AvgIpc) is 2.13. The molecule has 0 fully saturated rings. The molecule has 0 aliphatic rings. The second-order valence-electron chi connectivity index (χ2n) is 3.90. The number of allylic oxidation sites excluding steroid dienone is 5. The zero-order chi connectivity index (χ0) is 11.0. The standard InChI is InChI=1S/C14H24/c1-6-8-9-10-11-13(5)14(7-2)12(3)4/h9-10H,5-8,11H2,1-4H3. The highest BCUT2D eigenvalue weighted by atomic mass is 14.1. The summed E-state index contributed by atoms with van der Waals surface area (Å²) in [7, 11) is 0. The fraction of sp³-hybridized carbons (Fsp3) is 0.571. The fourth-order valence-corrected chi connectivity index (χ4v) is 1.59. The maximum absolute atomic E-state index is 4.14. The molecule has 14 heavy (non-hydrogen) atoms. The summed E-state index contributed by atoms with van der Waals surface area (Å²) in [5, 5.41) is 0. The summed E-state index contributed by atoms with van der Waals surface area (Å²) in [5.41, 5.74) is 4.12. The van der Waals surface area contributed by atoms with Crippen LogP contribution in [0.25, 0.3) is 0 Å². The van der Waals surface area contributed by atoms with Gasteiger partial charge in [-0.25, -0.2) is 0 Å². The van der Waals surface area contributed by atoms with Gasteiger partial charge in [-0.2, -0.15) is 0 Å². The first-order chi connectivity index (χ1) is 6.63. The molecule has 80 valence electrons. The molecule has 0 heteroatoms. The normalized spacial score (nSPS) is 10.6. The zero-order valence-corrected chi connectivity index (χ0v) is 10.2. The molecule has 0 aromatic rings. The lowest BCUT2D eigenvalue weighted by molar-refractivity contribution is 0.950. The van der Waals surface area contributed by atoms with E-state index >= 15 is 0 Å². The van der Waals surface area contributed by atoms with Gasteiger partial charge in [0.05, 0.1) is 0 Å². The first-order valence-electron chi connectivity index (χ1n) is 5.62. The van der Waals surface area contributed by atoms with E-state index in [9.17, 15) is 0 Å². The summed E-state index contributed by atoms with van der Waals surface area (Å²) >= 11 is 0. The van der Waals surface area contributed by atoms with Crippen LogP contribution < -0.4 is 0 Å². The molecule has 0 amide bonds. The Balaban J connectivity index is 4.14. The molecule has 0 atom stereocenters. The third kappa shape index (κ3) is 5.06. The van der Waals surface area contributed by atoms with E-state index in [1.165, 1.54) is 29.6 Å². The van der Waals surface area contributed by atoms with Crippen LogP contribution in [0.5, 0.6) is 0 Å². The van der Waals surface area contributed by atoms with Gasteiger partial charge in [0.1, 0.15) is 0 Å². The van der Waals surface area contributed by atoms with Crippen LogP contribution in [0.15, 0.2) is 35.5 Å². The molecule has 0 radical (unpaired) electrons. The largest absolute Gasteiger partial charge is 0.0952 e. The van der Waals surface area contributed by atoms with Crippen LogP contribution in [0.1, 0.15) is 53.4 Å². The van der Waals surface area contributed by atoms with Crippen molar-refractivity contribution < 1.29 is 0 Å². The Bertz CT molecular complexity index is 224. The van der Waals surface area contributed by atoms with Crippen LogP contribution in [-0.2, 0) is 0 Å². The van der Waals surface area contributed by atoms with E-state index in [0.717, 1.165) is 12.8 Å². The lowest BCUT2D eigenvalue weighted by Crippen LogP contribution is -1.88. The molecule has 0 aliphatic carbocycles. The molecule has 0 spiro atoms. The summed E-state index contributed by atoms with van der Waals surface area (Å²) in [6.45, 7) is 12.9. The fourth-order valence-electron chi connectivity index (χ4n) is 1.59. The van der Waals surface area contributed by atoms with Crippen LogP contribution in [-0.4, -0.2) is 0 Å². The molecule has 0 rings (SSSR count). The third-order valence-corrected chi connectivity index (χ3v) is 2.37. The molecule has 0 saturated heterocycles. The highest BCUT2D eigenvalue weighted by Crippen LogP contribution is 2.19. The molecule has 0 unspecified atom stereocenters. The Morgan fingerprint density at radius 2 is 1.79 bits per heavy atom. The van der Waals surface area contributed by atoms with E-state index in [4.69, 9.17) is 0 Å². The van der Waals surface area contributed by atoms with Crippen molar-refractivity contribution in [1.82, 2.24) is 0 Å². The average molecular weight is 192 g/mol. The minimum Gasteiger partial charge on any atom is -0.0952 e. The molecule has 0 aromatic heterocycles. The molecular weight excluding hydrogens is 168 g/mol. The molecule has 0 nitrogen and oxygen atoms in total. The third-order valence-electron chi connectivity index (χ3n) is 2.37. The summed E-state index contributed by atoms with van der Waals surface area (Å²) < 4.78 is 0.